The van der Waals surface area contributed by atoms with Gasteiger partial charge in [0.1, 0.15) is 0 Å². The summed E-state index contributed by atoms with van der Waals surface area (Å²) in [5, 5.41) is 3.57. The van der Waals surface area contributed by atoms with Crippen LogP contribution in [0.4, 0.5) is 0 Å². The standard InChI is InChI=1S/C10H20N2/c1-9-10(5-4-6-11-9)12-7-2-3-8-12/h9-11H,2-8H2,1H3. The first-order valence-corrected chi connectivity index (χ1v) is 5.35. The summed E-state index contributed by atoms with van der Waals surface area (Å²) < 4.78 is 0. The molecule has 0 bridgehead atoms. The molecule has 1 N–H and O–H groups in total. The Morgan fingerprint density at radius 3 is 2.58 bits per heavy atom. The zero-order valence-electron chi connectivity index (χ0n) is 8.05. The van der Waals surface area contributed by atoms with E-state index in [2.05, 4.69) is 17.1 Å². The summed E-state index contributed by atoms with van der Waals surface area (Å²) >= 11 is 0. The topological polar surface area (TPSA) is 15.3 Å². The molecule has 0 radical (unpaired) electrons. The molecule has 0 spiro atoms. The molecule has 2 fully saturated rings. The third-order valence-electron chi connectivity index (χ3n) is 3.33. The second-order valence-electron chi connectivity index (χ2n) is 4.20. The average Bonchev–Trinajstić information content (AvgIpc) is 2.57. The second kappa shape index (κ2) is 3.75. The van der Waals surface area contributed by atoms with Crippen LogP contribution in [0.3, 0.4) is 0 Å². The van der Waals surface area contributed by atoms with Crippen molar-refractivity contribution in [1.82, 2.24) is 10.2 Å². The van der Waals surface area contributed by atoms with E-state index in [9.17, 15) is 0 Å². The smallest absolute Gasteiger partial charge is 0.0247 e. The molecule has 2 heterocycles. The van der Waals surface area contributed by atoms with E-state index < -0.39 is 0 Å². The second-order valence-corrected chi connectivity index (χ2v) is 4.20. The Balaban J connectivity index is 1.91. The highest BCUT2D eigenvalue weighted by molar-refractivity contribution is 4.87. The van der Waals surface area contributed by atoms with Crippen molar-refractivity contribution in [2.24, 2.45) is 0 Å². The van der Waals surface area contributed by atoms with Crippen LogP contribution in [0.15, 0.2) is 0 Å². The molecule has 2 aliphatic rings. The summed E-state index contributed by atoms with van der Waals surface area (Å²) in [4.78, 5) is 2.68. The van der Waals surface area contributed by atoms with Gasteiger partial charge >= 0.3 is 0 Å². The van der Waals surface area contributed by atoms with E-state index in [0.29, 0.717) is 0 Å². The summed E-state index contributed by atoms with van der Waals surface area (Å²) in [6, 6.07) is 1.55. The number of likely N-dealkylation sites (tertiary alicyclic amines) is 1. The van der Waals surface area contributed by atoms with Gasteiger partial charge in [-0.15, -0.1) is 0 Å². The minimum atomic E-state index is 0.719. The van der Waals surface area contributed by atoms with Gasteiger partial charge in [-0.05, 0) is 52.2 Å². The molecule has 0 amide bonds. The van der Waals surface area contributed by atoms with Gasteiger partial charge in [-0.1, -0.05) is 0 Å². The van der Waals surface area contributed by atoms with Crippen molar-refractivity contribution in [3.05, 3.63) is 0 Å². The van der Waals surface area contributed by atoms with Gasteiger partial charge in [0.2, 0.25) is 0 Å². The number of rotatable bonds is 1. The lowest BCUT2D eigenvalue weighted by atomic mass is 9.98. The molecular formula is C10H20N2. The monoisotopic (exact) mass is 168 g/mol. The highest BCUT2D eigenvalue weighted by Crippen LogP contribution is 2.20. The van der Waals surface area contributed by atoms with Crippen molar-refractivity contribution in [1.29, 1.82) is 0 Å². The summed E-state index contributed by atoms with van der Waals surface area (Å²) in [5.41, 5.74) is 0. The van der Waals surface area contributed by atoms with Gasteiger partial charge in [0.05, 0.1) is 0 Å². The van der Waals surface area contributed by atoms with Crippen LogP contribution >= 0.6 is 0 Å². The van der Waals surface area contributed by atoms with Crippen LogP contribution in [0.1, 0.15) is 32.6 Å². The van der Waals surface area contributed by atoms with Crippen molar-refractivity contribution < 1.29 is 0 Å². The summed E-state index contributed by atoms with van der Waals surface area (Å²) in [6.07, 6.45) is 5.62. The summed E-state index contributed by atoms with van der Waals surface area (Å²) in [5.74, 6) is 0. The minimum Gasteiger partial charge on any atom is -0.313 e. The molecule has 0 aromatic rings. The van der Waals surface area contributed by atoms with Crippen molar-refractivity contribution >= 4 is 0 Å². The van der Waals surface area contributed by atoms with Gasteiger partial charge in [-0.3, -0.25) is 4.90 Å². The molecule has 2 rings (SSSR count). The number of hydrogen-bond donors (Lipinski definition) is 1. The van der Waals surface area contributed by atoms with Crippen LogP contribution in [-0.4, -0.2) is 36.6 Å². The largest absolute Gasteiger partial charge is 0.313 e. The molecule has 2 unspecified atom stereocenters. The third-order valence-corrected chi connectivity index (χ3v) is 3.33. The van der Waals surface area contributed by atoms with Crippen LogP contribution in [0.5, 0.6) is 0 Å². The van der Waals surface area contributed by atoms with Crippen LogP contribution < -0.4 is 5.32 Å². The van der Waals surface area contributed by atoms with E-state index in [1.807, 2.05) is 0 Å². The fourth-order valence-electron chi connectivity index (χ4n) is 2.60. The Morgan fingerprint density at radius 1 is 1.17 bits per heavy atom. The molecule has 2 nitrogen and oxygen atoms in total. The van der Waals surface area contributed by atoms with E-state index in [0.717, 1.165) is 12.1 Å². The zero-order valence-corrected chi connectivity index (χ0v) is 8.05. The van der Waals surface area contributed by atoms with Crippen LogP contribution in [0, 0.1) is 0 Å². The Morgan fingerprint density at radius 2 is 1.92 bits per heavy atom. The zero-order chi connectivity index (χ0) is 8.39. The minimum absolute atomic E-state index is 0.719. The molecule has 0 aromatic carbocycles. The fraction of sp³-hybridized carbons (Fsp3) is 1.00. The lowest BCUT2D eigenvalue weighted by Crippen LogP contribution is -2.51. The predicted octanol–water partition coefficient (Wildman–Crippen LogP) is 1.22. The molecule has 2 aliphatic heterocycles. The molecule has 2 heteroatoms. The van der Waals surface area contributed by atoms with Crippen molar-refractivity contribution in [3.8, 4) is 0 Å². The van der Waals surface area contributed by atoms with Gasteiger partial charge < -0.3 is 5.32 Å². The SMILES string of the molecule is CC1NCCCC1N1CCCC1. The molecule has 2 saturated heterocycles. The highest BCUT2D eigenvalue weighted by Gasteiger charge is 2.28. The Kier molecular flexibility index (Phi) is 2.66. The van der Waals surface area contributed by atoms with Gasteiger partial charge in [0, 0.05) is 12.1 Å². The Bertz CT molecular complexity index is 141. The van der Waals surface area contributed by atoms with Crippen molar-refractivity contribution in [2.45, 2.75) is 44.7 Å². The Labute approximate surface area is 75.3 Å². The third kappa shape index (κ3) is 1.64. The number of nitrogens with one attached hydrogen (secondary N) is 1. The number of piperidine rings is 1. The van der Waals surface area contributed by atoms with E-state index in [1.54, 1.807) is 0 Å². The quantitative estimate of drug-likeness (QED) is 0.633. The fourth-order valence-corrected chi connectivity index (χ4v) is 2.60. The first-order chi connectivity index (χ1) is 5.88. The first kappa shape index (κ1) is 8.52. The van der Waals surface area contributed by atoms with Gasteiger partial charge in [0.25, 0.3) is 0 Å². The molecular weight excluding hydrogens is 148 g/mol. The maximum absolute atomic E-state index is 3.57. The van der Waals surface area contributed by atoms with E-state index in [1.165, 1.54) is 45.3 Å². The highest BCUT2D eigenvalue weighted by atomic mass is 15.2. The first-order valence-electron chi connectivity index (χ1n) is 5.35. The predicted molar refractivity (Wildman–Crippen MR) is 51.3 cm³/mol. The molecule has 2 atom stereocenters. The number of nitrogens with zero attached hydrogens (tertiary/aromatic N) is 1. The van der Waals surface area contributed by atoms with E-state index >= 15 is 0 Å². The van der Waals surface area contributed by atoms with E-state index in [4.69, 9.17) is 0 Å². The number of hydrogen-bond acceptors (Lipinski definition) is 2. The maximum Gasteiger partial charge on any atom is 0.0247 e. The van der Waals surface area contributed by atoms with Gasteiger partial charge in [-0.2, -0.15) is 0 Å². The average molecular weight is 168 g/mol. The van der Waals surface area contributed by atoms with Crippen LogP contribution in [0.2, 0.25) is 0 Å². The normalized spacial score (nSPS) is 38.8. The molecule has 12 heavy (non-hydrogen) atoms. The molecule has 0 saturated carbocycles. The Hall–Kier alpha value is -0.0800. The van der Waals surface area contributed by atoms with Gasteiger partial charge in [0.15, 0.2) is 0 Å². The summed E-state index contributed by atoms with van der Waals surface area (Å²) in [7, 11) is 0. The lowest BCUT2D eigenvalue weighted by molar-refractivity contribution is 0.163. The maximum atomic E-state index is 3.57. The summed E-state index contributed by atoms with van der Waals surface area (Å²) in [6.45, 7) is 6.25. The molecule has 0 aromatic heterocycles. The molecule has 70 valence electrons. The lowest BCUT2D eigenvalue weighted by Gasteiger charge is -2.36. The molecule has 0 aliphatic carbocycles. The van der Waals surface area contributed by atoms with E-state index in [-0.39, 0.29) is 0 Å². The van der Waals surface area contributed by atoms with Crippen LogP contribution in [-0.2, 0) is 0 Å². The van der Waals surface area contributed by atoms with Crippen molar-refractivity contribution in [2.75, 3.05) is 19.6 Å². The van der Waals surface area contributed by atoms with Crippen LogP contribution in [0.25, 0.3) is 0 Å². The van der Waals surface area contributed by atoms with Crippen molar-refractivity contribution in [3.63, 3.8) is 0 Å². The van der Waals surface area contributed by atoms with Gasteiger partial charge in [-0.25, -0.2) is 0 Å².